The second-order valence-corrected chi connectivity index (χ2v) is 6.45. The minimum atomic E-state index is -4.93. The number of nitrogens with zero attached hydrogens (tertiary/aromatic N) is 2. The molecule has 0 bridgehead atoms. The molecule has 1 heterocycles. The van der Waals surface area contributed by atoms with E-state index in [9.17, 15) is 36.3 Å². The number of amides is 3. The Morgan fingerprint density at radius 2 is 2.00 bits per heavy atom. The van der Waals surface area contributed by atoms with Crippen molar-refractivity contribution in [2.75, 3.05) is 43.6 Å². The molecule has 1 saturated heterocycles. The number of benzene rings is 1. The fourth-order valence-corrected chi connectivity index (χ4v) is 2.91. The van der Waals surface area contributed by atoms with Gasteiger partial charge in [0, 0.05) is 12.2 Å². The van der Waals surface area contributed by atoms with E-state index >= 15 is 0 Å². The predicted molar refractivity (Wildman–Crippen MR) is 94.9 cm³/mol. The summed E-state index contributed by atoms with van der Waals surface area (Å²) in [5, 5.41) is 1.92. The number of carbonyl (C=O) groups excluding carboxylic acids is 3. The summed E-state index contributed by atoms with van der Waals surface area (Å²) in [7, 11) is 1.01. The number of hydrogen-bond acceptors (Lipinski definition) is 5. The standard InChI is InChI=1S/C17H19F5N4O4/c1-25(7-12(18)19)14(15(23)28)16(29)24-11-3-2-9(6-10(11)17(20,21)22)26-4-5-30-8-13(26)27/h2-3,6,12,14H,4-5,7-8H2,1H3,(H2,23,28)(H,24,29)/t14-/m1/s1. The first-order valence-corrected chi connectivity index (χ1v) is 8.59. The highest BCUT2D eigenvalue weighted by atomic mass is 19.4. The summed E-state index contributed by atoms with van der Waals surface area (Å²) in [6.07, 6.45) is -7.83. The number of nitrogens with two attached hydrogens (primary N) is 1. The Bertz CT molecular complexity index is 818. The van der Waals surface area contributed by atoms with Crippen molar-refractivity contribution in [3.05, 3.63) is 23.8 Å². The van der Waals surface area contributed by atoms with Gasteiger partial charge < -0.3 is 20.7 Å². The van der Waals surface area contributed by atoms with Gasteiger partial charge in [-0.2, -0.15) is 13.2 Å². The van der Waals surface area contributed by atoms with Crippen LogP contribution in [0.5, 0.6) is 0 Å². The van der Waals surface area contributed by atoms with Crippen molar-refractivity contribution in [3.8, 4) is 0 Å². The van der Waals surface area contributed by atoms with Gasteiger partial charge in [-0.15, -0.1) is 0 Å². The molecule has 1 fully saturated rings. The van der Waals surface area contributed by atoms with Gasteiger partial charge in [-0.1, -0.05) is 0 Å². The lowest BCUT2D eigenvalue weighted by Crippen LogP contribution is -2.51. The fourth-order valence-electron chi connectivity index (χ4n) is 2.91. The van der Waals surface area contributed by atoms with E-state index < -0.39 is 54.2 Å². The third kappa shape index (κ3) is 5.63. The molecule has 1 aromatic rings. The summed E-state index contributed by atoms with van der Waals surface area (Å²) in [4.78, 5) is 37.5. The number of primary amides is 1. The van der Waals surface area contributed by atoms with Crippen LogP contribution >= 0.6 is 0 Å². The van der Waals surface area contributed by atoms with Gasteiger partial charge >= 0.3 is 6.18 Å². The van der Waals surface area contributed by atoms with Crippen LogP contribution in [0.4, 0.5) is 33.3 Å². The second-order valence-electron chi connectivity index (χ2n) is 6.45. The molecule has 8 nitrogen and oxygen atoms in total. The van der Waals surface area contributed by atoms with E-state index in [0.29, 0.717) is 11.0 Å². The van der Waals surface area contributed by atoms with Gasteiger partial charge in [0.25, 0.3) is 18.2 Å². The number of ether oxygens (including phenoxy) is 1. The SMILES string of the molecule is CN(CC(F)F)[C@H](C(N)=O)C(=O)Nc1ccc(N2CCOCC2=O)cc1C(F)(F)F. The molecule has 166 valence electrons. The van der Waals surface area contributed by atoms with Gasteiger partial charge in [-0.25, -0.2) is 8.78 Å². The van der Waals surface area contributed by atoms with Crippen LogP contribution in [0.25, 0.3) is 0 Å². The zero-order valence-corrected chi connectivity index (χ0v) is 15.7. The number of rotatable bonds is 7. The van der Waals surface area contributed by atoms with Crippen LogP contribution in [0, 0.1) is 0 Å². The van der Waals surface area contributed by atoms with Crippen LogP contribution in [-0.4, -0.2) is 68.4 Å². The highest BCUT2D eigenvalue weighted by molar-refractivity contribution is 6.10. The largest absolute Gasteiger partial charge is 0.418 e. The summed E-state index contributed by atoms with van der Waals surface area (Å²) < 4.78 is 70.7. The molecule has 3 N–H and O–H groups in total. The highest BCUT2D eigenvalue weighted by Crippen LogP contribution is 2.37. The molecule has 1 aliphatic rings. The Hall–Kier alpha value is -2.80. The molecule has 0 unspecified atom stereocenters. The van der Waals surface area contributed by atoms with E-state index in [0.717, 1.165) is 18.0 Å². The smallest absolute Gasteiger partial charge is 0.370 e. The van der Waals surface area contributed by atoms with Crippen molar-refractivity contribution in [1.29, 1.82) is 0 Å². The number of carbonyl (C=O) groups is 3. The molecule has 30 heavy (non-hydrogen) atoms. The van der Waals surface area contributed by atoms with Crippen molar-refractivity contribution in [2.24, 2.45) is 5.73 Å². The van der Waals surface area contributed by atoms with Crippen LogP contribution in [-0.2, 0) is 25.3 Å². The molecule has 0 aromatic heterocycles. The summed E-state index contributed by atoms with van der Waals surface area (Å²) in [6.45, 7) is -1.09. The first-order chi connectivity index (χ1) is 13.9. The Labute approximate surface area is 167 Å². The highest BCUT2D eigenvalue weighted by Gasteiger charge is 2.37. The number of halogens is 5. The molecule has 3 amide bonds. The Kier molecular flexibility index (Phi) is 7.31. The Morgan fingerprint density at radius 3 is 2.53 bits per heavy atom. The third-order valence-electron chi connectivity index (χ3n) is 4.25. The predicted octanol–water partition coefficient (Wildman–Crippen LogP) is 1.06. The van der Waals surface area contributed by atoms with E-state index in [2.05, 4.69) is 0 Å². The van der Waals surface area contributed by atoms with Gasteiger partial charge in [-0.3, -0.25) is 19.3 Å². The molecular formula is C17H19F5N4O4. The van der Waals surface area contributed by atoms with Crippen molar-refractivity contribution < 1.29 is 41.1 Å². The lowest BCUT2D eigenvalue weighted by Gasteiger charge is -2.28. The van der Waals surface area contributed by atoms with Crippen molar-refractivity contribution in [1.82, 2.24) is 4.90 Å². The summed E-state index contributed by atoms with van der Waals surface area (Å²) >= 11 is 0. The summed E-state index contributed by atoms with van der Waals surface area (Å²) in [5.41, 5.74) is 3.00. The molecule has 1 aliphatic heterocycles. The monoisotopic (exact) mass is 438 g/mol. The first-order valence-electron chi connectivity index (χ1n) is 8.59. The number of morpholine rings is 1. The van der Waals surface area contributed by atoms with Crippen LogP contribution in [0.2, 0.25) is 0 Å². The van der Waals surface area contributed by atoms with Crippen LogP contribution in [0.3, 0.4) is 0 Å². The summed E-state index contributed by atoms with van der Waals surface area (Å²) in [6, 6.07) is 0.835. The van der Waals surface area contributed by atoms with Gasteiger partial charge in [0.05, 0.1) is 24.4 Å². The van der Waals surface area contributed by atoms with E-state index in [1.54, 1.807) is 0 Å². The maximum Gasteiger partial charge on any atom is 0.418 e. The van der Waals surface area contributed by atoms with Crippen molar-refractivity contribution >= 4 is 29.1 Å². The van der Waals surface area contributed by atoms with Gasteiger partial charge in [0.2, 0.25) is 5.91 Å². The third-order valence-corrected chi connectivity index (χ3v) is 4.25. The van der Waals surface area contributed by atoms with Gasteiger partial charge in [-0.05, 0) is 25.2 Å². The van der Waals surface area contributed by atoms with Crippen molar-refractivity contribution in [3.63, 3.8) is 0 Å². The maximum atomic E-state index is 13.6. The number of anilines is 2. The lowest BCUT2D eigenvalue weighted by molar-refractivity contribution is -0.137. The van der Waals surface area contributed by atoms with Crippen LogP contribution in [0.1, 0.15) is 5.56 Å². The molecule has 1 aromatic carbocycles. The number of nitrogens with one attached hydrogen (secondary N) is 1. The van der Waals surface area contributed by atoms with Crippen LogP contribution < -0.4 is 16.0 Å². The molecule has 13 heteroatoms. The number of alkyl halides is 5. The normalized spacial score (nSPS) is 16.1. The molecule has 0 aliphatic carbocycles. The Morgan fingerprint density at radius 1 is 1.33 bits per heavy atom. The minimum Gasteiger partial charge on any atom is -0.370 e. The van der Waals surface area contributed by atoms with Gasteiger partial charge in [0.15, 0.2) is 6.04 Å². The lowest BCUT2D eigenvalue weighted by atomic mass is 10.1. The Balaban J connectivity index is 2.34. The van der Waals surface area contributed by atoms with E-state index in [1.807, 2.05) is 5.32 Å². The average Bonchev–Trinajstić information content (AvgIpc) is 2.60. The van der Waals surface area contributed by atoms with E-state index in [4.69, 9.17) is 10.5 Å². The molecule has 1 atom stereocenters. The maximum absolute atomic E-state index is 13.6. The molecule has 0 saturated carbocycles. The molecule has 0 spiro atoms. The zero-order chi connectivity index (χ0) is 22.6. The zero-order valence-electron chi connectivity index (χ0n) is 15.7. The topological polar surface area (TPSA) is 105 Å². The van der Waals surface area contributed by atoms with Crippen molar-refractivity contribution in [2.45, 2.75) is 18.6 Å². The quantitative estimate of drug-likeness (QED) is 0.489. The summed E-state index contributed by atoms with van der Waals surface area (Å²) in [5.74, 6) is -3.14. The molecule has 2 rings (SSSR count). The van der Waals surface area contributed by atoms with E-state index in [-0.39, 0.29) is 25.4 Å². The van der Waals surface area contributed by atoms with E-state index in [1.165, 1.54) is 6.07 Å². The number of likely N-dealkylation sites (N-methyl/N-ethyl adjacent to an activating group) is 1. The molecular weight excluding hydrogens is 419 g/mol. The average molecular weight is 438 g/mol. The van der Waals surface area contributed by atoms with Gasteiger partial charge in [0.1, 0.15) is 6.61 Å². The first kappa shape index (κ1) is 23.5. The van der Waals surface area contributed by atoms with Crippen LogP contribution in [0.15, 0.2) is 18.2 Å². The molecule has 0 radical (unpaired) electrons. The minimum absolute atomic E-state index is 0.0456. The second kappa shape index (κ2) is 9.34. The fraction of sp³-hybridized carbons (Fsp3) is 0.471. The number of hydrogen-bond donors (Lipinski definition) is 2.